The molecule has 0 amide bonds. The maximum Gasteiger partial charge on any atom is 0.271 e. The van der Waals surface area contributed by atoms with E-state index in [0.717, 1.165) is 4.57 Å². The summed E-state index contributed by atoms with van der Waals surface area (Å²) in [7, 11) is 1.42. The monoisotopic (exact) mass is 360 g/mol. The first kappa shape index (κ1) is 19.1. The second-order valence-electron chi connectivity index (χ2n) is 5.43. The van der Waals surface area contributed by atoms with Crippen LogP contribution in [0.25, 0.3) is 0 Å². The maximum atomic E-state index is 12.9. The molecule has 1 aromatic carbocycles. The van der Waals surface area contributed by atoms with Crippen LogP contribution in [-0.2, 0) is 11.3 Å². The quantitative estimate of drug-likeness (QED) is 0.755. The molecule has 0 saturated heterocycles. The summed E-state index contributed by atoms with van der Waals surface area (Å²) >= 11 is 0. The van der Waals surface area contributed by atoms with Crippen molar-refractivity contribution >= 4 is 5.78 Å². The highest BCUT2D eigenvalue weighted by molar-refractivity contribution is 6.01. The van der Waals surface area contributed by atoms with E-state index in [-0.39, 0.29) is 35.6 Å². The van der Waals surface area contributed by atoms with Gasteiger partial charge in [-0.25, -0.2) is 4.39 Å². The molecule has 0 unspecified atom stereocenters. The molecule has 1 aromatic heterocycles. The highest BCUT2D eigenvalue weighted by Gasteiger charge is 2.24. The van der Waals surface area contributed by atoms with Crippen LogP contribution in [0.3, 0.4) is 0 Å². The zero-order valence-corrected chi connectivity index (χ0v) is 14.3. The van der Waals surface area contributed by atoms with Crippen LogP contribution in [0.1, 0.15) is 21.5 Å². The van der Waals surface area contributed by atoms with Gasteiger partial charge in [-0.05, 0) is 36.8 Å². The van der Waals surface area contributed by atoms with Gasteiger partial charge < -0.3 is 14.6 Å². The third-order valence-corrected chi connectivity index (χ3v) is 3.78. The van der Waals surface area contributed by atoms with Crippen molar-refractivity contribution < 1.29 is 23.8 Å². The molecule has 0 fully saturated rings. The maximum absolute atomic E-state index is 12.9. The number of hydrogen-bond acceptors (Lipinski definition) is 6. The number of ether oxygens (including phenoxy) is 2. The topological polar surface area (TPSA) is 102 Å². The SMILES string of the molecule is COCCn1c(O)c(C(=O)COc2ccc(F)cc2)c(C)c(C#N)c1=O. The van der Waals surface area contributed by atoms with E-state index in [1.807, 2.05) is 0 Å². The third-order valence-electron chi connectivity index (χ3n) is 3.78. The molecule has 7 nitrogen and oxygen atoms in total. The van der Waals surface area contributed by atoms with Gasteiger partial charge in [0.1, 0.15) is 23.2 Å². The highest BCUT2D eigenvalue weighted by atomic mass is 19.1. The van der Waals surface area contributed by atoms with Gasteiger partial charge in [0.15, 0.2) is 6.61 Å². The van der Waals surface area contributed by atoms with Crippen molar-refractivity contribution in [2.75, 3.05) is 20.3 Å². The molecule has 0 aliphatic carbocycles. The van der Waals surface area contributed by atoms with Gasteiger partial charge in [-0.1, -0.05) is 0 Å². The Kier molecular flexibility index (Phi) is 6.09. The van der Waals surface area contributed by atoms with E-state index in [0.29, 0.717) is 0 Å². The molecule has 136 valence electrons. The van der Waals surface area contributed by atoms with E-state index >= 15 is 0 Å². The summed E-state index contributed by atoms with van der Waals surface area (Å²) in [4.78, 5) is 24.8. The molecule has 2 rings (SSSR count). The molecule has 0 bridgehead atoms. The summed E-state index contributed by atoms with van der Waals surface area (Å²) in [6.45, 7) is 1.05. The fourth-order valence-electron chi connectivity index (χ4n) is 2.43. The molecule has 0 atom stereocenters. The van der Waals surface area contributed by atoms with Crippen molar-refractivity contribution in [3.05, 3.63) is 57.1 Å². The Morgan fingerprint density at radius 1 is 1.35 bits per heavy atom. The van der Waals surface area contributed by atoms with Crippen LogP contribution in [-0.4, -0.2) is 35.8 Å². The summed E-state index contributed by atoms with van der Waals surface area (Å²) in [5, 5.41) is 19.6. The number of carbonyl (C=O) groups excluding carboxylic acids is 1. The van der Waals surface area contributed by atoms with Crippen LogP contribution >= 0.6 is 0 Å². The summed E-state index contributed by atoms with van der Waals surface area (Å²) in [6, 6.07) is 6.84. The summed E-state index contributed by atoms with van der Waals surface area (Å²) in [5.41, 5.74) is -1.02. The molecule has 1 N–H and O–H groups in total. The molecule has 1 heterocycles. The van der Waals surface area contributed by atoms with Gasteiger partial charge >= 0.3 is 0 Å². The average molecular weight is 360 g/mol. The highest BCUT2D eigenvalue weighted by Crippen LogP contribution is 2.23. The lowest BCUT2D eigenvalue weighted by Crippen LogP contribution is -2.29. The summed E-state index contributed by atoms with van der Waals surface area (Å²) in [5.74, 6) is -1.34. The predicted molar refractivity (Wildman–Crippen MR) is 89.9 cm³/mol. The molecule has 0 aliphatic heterocycles. The fourth-order valence-corrected chi connectivity index (χ4v) is 2.43. The molecular formula is C18H17FN2O5. The number of carbonyl (C=O) groups is 1. The Bertz CT molecular complexity index is 913. The first-order valence-electron chi connectivity index (χ1n) is 7.67. The van der Waals surface area contributed by atoms with Gasteiger partial charge in [0.2, 0.25) is 11.7 Å². The third kappa shape index (κ3) is 3.90. The molecule has 8 heteroatoms. The van der Waals surface area contributed by atoms with Gasteiger partial charge in [0, 0.05) is 7.11 Å². The van der Waals surface area contributed by atoms with Crippen molar-refractivity contribution in [1.29, 1.82) is 5.26 Å². The molecule has 0 radical (unpaired) electrons. The van der Waals surface area contributed by atoms with E-state index in [4.69, 9.17) is 9.47 Å². The number of hydrogen-bond donors (Lipinski definition) is 1. The summed E-state index contributed by atoms with van der Waals surface area (Å²) in [6.07, 6.45) is 0. The lowest BCUT2D eigenvalue weighted by atomic mass is 10.0. The van der Waals surface area contributed by atoms with E-state index in [9.17, 15) is 24.3 Å². The van der Waals surface area contributed by atoms with Crippen LogP contribution in [0.4, 0.5) is 4.39 Å². The van der Waals surface area contributed by atoms with Crippen molar-refractivity contribution in [1.82, 2.24) is 4.57 Å². The van der Waals surface area contributed by atoms with Crippen LogP contribution in [0, 0.1) is 24.1 Å². The lowest BCUT2D eigenvalue weighted by Gasteiger charge is -2.15. The largest absolute Gasteiger partial charge is 0.494 e. The number of nitriles is 1. The number of Topliss-reactive ketones (excluding diaryl/α,β-unsaturated/α-hetero) is 1. The summed E-state index contributed by atoms with van der Waals surface area (Å²) < 4.78 is 24.0. The van der Waals surface area contributed by atoms with Gasteiger partial charge in [-0.2, -0.15) is 5.26 Å². The Balaban J connectivity index is 2.37. The molecular weight excluding hydrogens is 343 g/mol. The number of methoxy groups -OCH3 is 1. The standard InChI is InChI=1S/C18H17FN2O5/c1-11-14(9-20)17(23)21(7-8-25-2)18(24)16(11)15(22)10-26-13-5-3-12(19)4-6-13/h3-6,24H,7-8,10H2,1-2H3. The molecule has 2 aromatic rings. The van der Waals surface area contributed by atoms with Gasteiger partial charge in [-0.3, -0.25) is 14.2 Å². The van der Waals surface area contributed by atoms with Gasteiger partial charge in [0.05, 0.1) is 18.7 Å². The van der Waals surface area contributed by atoms with Crippen molar-refractivity contribution in [3.8, 4) is 17.7 Å². The number of benzene rings is 1. The number of rotatable bonds is 7. The smallest absolute Gasteiger partial charge is 0.271 e. The second-order valence-corrected chi connectivity index (χ2v) is 5.43. The lowest BCUT2D eigenvalue weighted by molar-refractivity contribution is 0.0915. The van der Waals surface area contributed by atoms with Gasteiger partial charge in [-0.15, -0.1) is 0 Å². The first-order valence-corrected chi connectivity index (χ1v) is 7.67. The normalized spacial score (nSPS) is 10.4. The van der Waals surface area contributed by atoms with Crippen LogP contribution in [0.15, 0.2) is 29.1 Å². The molecule has 26 heavy (non-hydrogen) atoms. The Morgan fingerprint density at radius 2 is 2.00 bits per heavy atom. The van der Waals surface area contributed by atoms with Crippen molar-refractivity contribution in [2.24, 2.45) is 0 Å². The zero-order chi connectivity index (χ0) is 19.3. The minimum absolute atomic E-state index is 0.0186. The van der Waals surface area contributed by atoms with Gasteiger partial charge in [0.25, 0.3) is 5.56 Å². The van der Waals surface area contributed by atoms with Crippen LogP contribution in [0.5, 0.6) is 11.6 Å². The van der Waals surface area contributed by atoms with Crippen LogP contribution in [0.2, 0.25) is 0 Å². The Labute approximate surface area is 148 Å². The van der Waals surface area contributed by atoms with E-state index < -0.39 is 29.6 Å². The number of aromatic nitrogens is 1. The fraction of sp³-hybridized carbons (Fsp3) is 0.278. The van der Waals surface area contributed by atoms with E-state index in [1.54, 1.807) is 6.07 Å². The first-order chi connectivity index (χ1) is 12.4. The number of nitrogens with zero attached hydrogens (tertiary/aromatic N) is 2. The second kappa shape index (κ2) is 8.27. The number of pyridine rings is 1. The van der Waals surface area contributed by atoms with Crippen molar-refractivity contribution in [3.63, 3.8) is 0 Å². The molecule has 0 aliphatic rings. The predicted octanol–water partition coefficient (Wildman–Crippen LogP) is 1.78. The number of aromatic hydroxyl groups is 1. The van der Waals surface area contributed by atoms with E-state index in [2.05, 4.69) is 0 Å². The number of ketones is 1. The molecule has 0 saturated carbocycles. The number of halogens is 1. The Morgan fingerprint density at radius 3 is 2.58 bits per heavy atom. The minimum atomic E-state index is -0.699. The minimum Gasteiger partial charge on any atom is -0.494 e. The van der Waals surface area contributed by atoms with Crippen molar-refractivity contribution in [2.45, 2.75) is 13.5 Å². The van der Waals surface area contributed by atoms with Crippen LogP contribution < -0.4 is 10.3 Å². The zero-order valence-electron chi connectivity index (χ0n) is 14.3. The van der Waals surface area contributed by atoms with E-state index in [1.165, 1.54) is 38.3 Å². The Hall–Kier alpha value is -3.18. The average Bonchev–Trinajstić information content (AvgIpc) is 2.61. The molecule has 0 spiro atoms.